The van der Waals surface area contributed by atoms with Crippen molar-refractivity contribution in [3.63, 3.8) is 0 Å². The third kappa shape index (κ3) is 10.4. The first-order valence-electron chi connectivity index (χ1n) is 21.7. The van der Waals surface area contributed by atoms with Crippen molar-refractivity contribution in [2.24, 2.45) is 41.4 Å². The molecule has 0 radical (unpaired) electrons. The van der Waals surface area contributed by atoms with Gasteiger partial charge in [-0.1, -0.05) is 0 Å². The average Bonchev–Trinajstić information content (AvgIpc) is 3.19. The molecule has 6 aliphatic rings. The second-order valence-electron chi connectivity index (χ2n) is 18.1. The van der Waals surface area contributed by atoms with Gasteiger partial charge in [0.05, 0.1) is 42.2 Å². The quantitative estimate of drug-likeness (QED) is 0.104. The third-order valence-electron chi connectivity index (χ3n) is 15.0. The molecular weight excluding hydrogens is 728 g/mol. The summed E-state index contributed by atoms with van der Waals surface area (Å²) in [6.07, 6.45) is 17.7. The Morgan fingerprint density at radius 2 is 1.00 bits per heavy atom. The summed E-state index contributed by atoms with van der Waals surface area (Å²) in [5, 5.41) is 56.1. The van der Waals surface area contributed by atoms with Gasteiger partial charge in [-0.2, -0.15) is 0 Å². The van der Waals surface area contributed by atoms with Crippen molar-refractivity contribution in [3.8, 4) is 0 Å². The molecule has 0 aliphatic heterocycles. The van der Waals surface area contributed by atoms with E-state index in [1.807, 2.05) is 0 Å². The van der Waals surface area contributed by atoms with Crippen LogP contribution in [0.1, 0.15) is 141 Å². The van der Waals surface area contributed by atoms with Gasteiger partial charge in [0.1, 0.15) is 5.92 Å². The Kier molecular flexibility index (Phi) is 15.0. The molecule has 6 fully saturated rings. The molecule has 56 heavy (non-hydrogen) atoms. The highest BCUT2D eigenvalue weighted by atomic mass is 16.6. The lowest BCUT2D eigenvalue weighted by Gasteiger charge is -2.42. The van der Waals surface area contributed by atoms with Gasteiger partial charge in [-0.15, -0.1) is 0 Å². The molecule has 7 atom stereocenters. The normalized spacial score (nSPS) is 40.2. The number of carbonyl (C=O) groups is 3. The summed E-state index contributed by atoms with van der Waals surface area (Å²) in [5.74, 6) is -5.09. The van der Waals surface area contributed by atoms with Crippen LogP contribution in [0.4, 0.5) is 0 Å². The minimum absolute atomic E-state index is 0.0427. The molecule has 0 bridgehead atoms. The molecule has 6 rings (SSSR count). The molecule has 16 heteroatoms. The van der Waals surface area contributed by atoms with E-state index in [9.17, 15) is 50.0 Å². The van der Waals surface area contributed by atoms with E-state index in [4.69, 9.17) is 9.47 Å². The average molecular weight is 793 g/mol. The summed E-state index contributed by atoms with van der Waals surface area (Å²) in [6, 6.07) is -2.90. The molecule has 0 saturated heterocycles. The van der Waals surface area contributed by atoms with E-state index in [0.29, 0.717) is 50.4 Å². The maximum Gasteiger partial charge on any atom is 0.307 e. The van der Waals surface area contributed by atoms with Crippen LogP contribution in [0.15, 0.2) is 0 Å². The number of hydrogen-bond acceptors (Lipinski definition) is 11. The lowest BCUT2D eigenvalue weighted by atomic mass is 9.67. The summed E-state index contributed by atoms with van der Waals surface area (Å²) in [4.78, 5) is 59.7. The van der Waals surface area contributed by atoms with Crippen LogP contribution < -0.4 is 10.8 Å². The number of amides is 1. The molecule has 0 heterocycles. The molecular formula is C40H64N4O12. The van der Waals surface area contributed by atoms with Crippen LogP contribution in [0.3, 0.4) is 0 Å². The number of rotatable bonds is 14. The van der Waals surface area contributed by atoms with E-state index in [1.165, 1.54) is 0 Å². The molecule has 6 aliphatic carbocycles. The zero-order chi connectivity index (χ0) is 39.9. The first-order chi connectivity index (χ1) is 26.9. The number of hydrogen-bond donors (Lipinski definition) is 5. The van der Waals surface area contributed by atoms with Crippen molar-refractivity contribution in [1.82, 2.24) is 10.8 Å². The lowest BCUT2D eigenvalue weighted by Crippen LogP contribution is -2.54. The topological polar surface area (TPSA) is 241 Å². The van der Waals surface area contributed by atoms with Crippen molar-refractivity contribution in [2.45, 2.75) is 190 Å². The highest BCUT2D eigenvalue weighted by molar-refractivity contribution is 5.85. The Balaban J connectivity index is 0.866. The molecule has 7 unspecified atom stereocenters. The van der Waals surface area contributed by atoms with Gasteiger partial charge < -0.3 is 30.2 Å². The van der Waals surface area contributed by atoms with Gasteiger partial charge in [0.25, 0.3) is 0 Å². The fraction of sp³-hybridized carbons (Fsp3) is 0.925. The number of carbonyl (C=O) groups excluding carboxylic acids is 1. The molecule has 16 nitrogen and oxygen atoms in total. The van der Waals surface area contributed by atoms with Crippen LogP contribution in [0, 0.1) is 61.7 Å². The van der Waals surface area contributed by atoms with Crippen molar-refractivity contribution < 1.29 is 49.1 Å². The maximum atomic E-state index is 13.1. The highest BCUT2D eigenvalue weighted by Gasteiger charge is 2.51. The van der Waals surface area contributed by atoms with E-state index in [1.54, 1.807) is 0 Å². The molecule has 316 valence electrons. The molecule has 0 aromatic heterocycles. The Hall–Kier alpha value is -2.95. The molecule has 6 saturated carbocycles. The summed E-state index contributed by atoms with van der Waals surface area (Å²) in [5.41, 5.74) is 2.33. The second kappa shape index (κ2) is 19.7. The molecule has 0 aromatic rings. The number of carboxylic acid groups (broad SMARTS) is 2. The summed E-state index contributed by atoms with van der Waals surface area (Å²) in [6.45, 7) is 0. The van der Waals surface area contributed by atoms with Crippen LogP contribution in [-0.2, 0) is 23.9 Å². The van der Waals surface area contributed by atoms with Gasteiger partial charge in [-0.3, -0.25) is 34.6 Å². The van der Waals surface area contributed by atoms with Crippen molar-refractivity contribution in [1.29, 1.82) is 0 Å². The van der Waals surface area contributed by atoms with Crippen LogP contribution in [0.25, 0.3) is 0 Å². The largest absolute Gasteiger partial charge is 0.481 e. The zero-order valence-electron chi connectivity index (χ0n) is 32.6. The Morgan fingerprint density at radius 3 is 1.45 bits per heavy atom. The van der Waals surface area contributed by atoms with Crippen LogP contribution >= 0.6 is 0 Å². The van der Waals surface area contributed by atoms with Crippen molar-refractivity contribution in [3.05, 3.63) is 20.2 Å². The smallest absolute Gasteiger partial charge is 0.307 e. The first kappa shape index (κ1) is 42.7. The number of ether oxygens (including phenoxy) is 2. The number of aliphatic carboxylic acids is 2. The fourth-order valence-electron chi connectivity index (χ4n) is 11.9. The third-order valence-corrected chi connectivity index (χ3v) is 15.0. The number of hydroxylamine groups is 1. The number of nitro groups is 2. The molecule has 5 N–H and O–H groups in total. The van der Waals surface area contributed by atoms with Crippen molar-refractivity contribution in [2.75, 3.05) is 0 Å². The lowest BCUT2D eigenvalue weighted by molar-refractivity contribution is -0.539. The molecule has 0 aromatic carbocycles. The van der Waals surface area contributed by atoms with Gasteiger partial charge in [0.2, 0.25) is 18.0 Å². The molecule has 1 amide bonds. The summed E-state index contributed by atoms with van der Waals surface area (Å²) in [7, 11) is 0. The van der Waals surface area contributed by atoms with Gasteiger partial charge in [0, 0.05) is 34.8 Å². The first-order valence-corrected chi connectivity index (χ1v) is 21.7. The van der Waals surface area contributed by atoms with Gasteiger partial charge in [-0.25, -0.2) is 5.48 Å². The van der Waals surface area contributed by atoms with Crippen molar-refractivity contribution >= 4 is 17.8 Å². The van der Waals surface area contributed by atoms with E-state index in [0.717, 1.165) is 89.9 Å². The van der Waals surface area contributed by atoms with Gasteiger partial charge in [-0.05, 0) is 146 Å². The van der Waals surface area contributed by atoms with Gasteiger partial charge >= 0.3 is 11.9 Å². The Bertz CT molecular complexity index is 1310. The Morgan fingerprint density at radius 1 is 0.571 bits per heavy atom. The van der Waals surface area contributed by atoms with Crippen LogP contribution in [-0.4, -0.2) is 91.7 Å². The predicted molar refractivity (Wildman–Crippen MR) is 201 cm³/mol. The maximum absolute atomic E-state index is 13.1. The number of nitrogens with zero attached hydrogens (tertiary/aromatic N) is 2. The number of carboxylic acids is 2. The zero-order valence-corrected chi connectivity index (χ0v) is 32.6. The SMILES string of the molecule is O=C(O)C1CCCC([N+](=O)[O-])C1C(=O)NC1CCC(OC2CCC(C3CCC(OC4CCC(C(NO)C5C(C(=O)O)CCCC5[N+](=O)[O-])CC4)CC3)CC2)CC1. The Labute approximate surface area is 328 Å². The minimum atomic E-state index is -1.16. The van der Waals surface area contributed by atoms with E-state index in [2.05, 4.69) is 10.8 Å². The predicted octanol–water partition coefficient (Wildman–Crippen LogP) is 5.76. The summed E-state index contributed by atoms with van der Waals surface area (Å²) >= 11 is 0. The fourth-order valence-corrected chi connectivity index (χ4v) is 11.9. The molecule has 0 spiro atoms. The van der Waals surface area contributed by atoms with Gasteiger partial charge in [0.15, 0.2) is 0 Å². The monoisotopic (exact) mass is 792 g/mol. The summed E-state index contributed by atoms with van der Waals surface area (Å²) < 4.78 is 13.2. The van der Waals surface area contributed by atoms with Crippen LogP contribution in [0.5, 0.6) is 0 Å². The minimum Gasteiger partial charge on any atom is -0.481 e. The highest BCUT2D eigenvalue weighted by Crippen LogP contribution is 2.43. The number of nitrogens with one attached hydrogen (secondary N) is 2. The van der Waals surface area contributed by atoms with Crippen LogP contribution in [0.2, 0.25) is 0 Å². The standard InChI is InChI=1S/C40H64N4O12/c45-38(36-32(40(48)49)4-2-6-34(36)44(53)54)41-26-13-21-30(22-14-26)56-28-17-9-24(10-18-28)23-7-15-27(16-8-23)55-29-19-11-25(12-20-29)37(42-50)35-31(39(46)47)3-1-5-33(35)43(51)52/h23-37,42,50H,1-22H2,(H,41,45)(H,46,47)(H,48,49). The van der Waals surface area contributed by atoms with E-state index >= 15 is 0 Å². The van der Waals surface area contributed by atoms with E-state index < -0.39 is 64.6 Å². The van der Waals surface area contributed by atoms with E-state index in [-0.39, 0.29) is 54.1 Å². The second-order valence-corrected chi connectivity index (χ2v) is 18.1.